The van der Waals surface area contributed by atoms with E-state index in [1.807, 2.05) is 30.3 Å². The molecule has 26 heavy (non-hydrogen) atoms. The van der Waals surface area contributed by atoms with Crippen LogP contribution < -0.4 is 5.32 Å². The van der Waals surface area contributed by atoms with Gasteiger partial charge < -0.3 is 10.1 Å². The molecule has 0 atom stereocenters. The Labute approximate surface area is 155 Å². The molecule has 0 bridgehead atoms. The van der Waals surface area contributed by atoms with Crippen molar-refractivity contribution in [2.24, 2.45) is 0 Å². The standard InChI is InChI=1S/C21H26N2O3/c1-4-26-21(25)18-12-8-9-13-19(18)22-20(24)15-23(16(2)3)14-17-10-6-5-7-11-17/h5-13,16H,4,14-15H2,1-3H3,(H,22,24). The van der Waals surface area contributed by atoms with Crippen LogP contribution in [0, 0.1) is 0 Å². The summed E-state index contributed by atoms with van der Waals surface area (Å²) in [7, 11) is 0. The fourth-order valence-electron chi connectivity index (χ4n) is 2.59. The number of benzene rings is 2. The van der Waals surface area contributed by atoms with Gasteiger partial charge in [-0.25, -0.2) is 4.79 Å². The number of carbonyl (C=O) groups is 2. The highest BCUT2D eigenvalue weighted by Gasteiger charge is 2.17. The molecule has 138 valence electrons. The maximum atomic E-state index is 12.5. The zero-order valence-corrected chi connectivity index (χ0v) is 15.6. The van der Waals surface area contributed by atoms with E-state index in [2.05, 4.69) is 24.1 Å². The Morgan fingerprint density at radius 1 is 1.04 bits per heavy atom. The number of carbonyl (C=O) groups excluding carboxylic acids is 2. The van der Waals surface area contributed by atoms with Crippen LogP contribution in [0.5, 0.6) is 0 Å². The van der Waals surface area contributed by atoms with Gasteiger partial charge in [0.1, 0.15) is 0 Å². The Morgan fingerprint density at radius 2 is 1.69 bits per heavy atom. The second-order valence-corrected chi connectivity index (χ2v) is 6.30. The number of hydrogen-bond acceptors (Lipinski definition) is 4. The van der Waals surface area contributed by atoms with E-state index >= 15 is 0 Å². The summed E-state index contributed by atoms with van der Waals surface area (Å²) in [4.78, 5) is 26.7. The highest BCUT2D eigenvalue weighted by Crippen LogP contribution is 2.17. The van der Waals surface area contributed by atoms with E-state index in [0.717, 1.165) is 5.56 Å². The molecule has 0 radical (unpaired) electrons. The molecule has 0 unspecified atom stereocenters. The highest BCUT2D eigenvalue weighted by atomic mass is 16.5. The minimum absolute atomic E-state index is 0.161. The number of para-hydroxylation sites is 1. The number of rotatable bonds is 8. The van der Waals surface area contributed by atoms with Gasteiger partial charge in [-0.1, -0.05) is 42.5 Å². The summed E-state index contributed by atoms with van der Waals surface area (Å²) in [6, 6.07) is 17.1. The molecule has 0 spiro atoms. The van der Waals surface area contributed by atoms with Crippen LogP contribution in [0.15, 0.2) is 54.6 Å². The molecule has 1 amide bonds. The SMILES string of the molecule is CCOC(=O)c1ccccc1NC(=O)CN(Cc1ccccc1)C(C)C. The Morgan fingerprint density at radius 3 is 2.35 bits per heavy atom. The first-order valence-corrected chi connectivity index (χ1v) is 8.85. The summed E-state index contributed by atoms with van der Waals surface area (Å²) in [5.41, 5.74) is 1.99. The highest BCUT2D eigenvalue weighted by molar-refractivity contribution is 6.01. The van der Waals surface area contributed by atoms with Crippen LogP contribution in [-0.4, -0.2) is 36.0 Å². The maximum Gasteiger partial charge on any atom is 0.340 e. The molecule has 5 heteroatoms. The van der Waals surface area contributed by atoms with Crippen LogP contribution in [0.25, 0.3) is 0 Å². The first-order valence-electron chi connectivity index (χ1n) is 8.85. The first kappa shape index (κ1) is 19.7. The Bertz CT molecular complexity index is 729. The van der Waals surface area contributed by atoms with E-state index in [0.29, 0.717) is 24.4 Å². The summed E-state index contributed by atoms with van der Waals surface area (Å²) in [5, 5.41) is 2.84. The van der Waals surface area contributed by atoms with Crippen molar-refractivity contribution in [1.82, 2.24) is 4.90 Å². The van der Waals surface area contributed by atoms with E-state index in [9.17, 15) is 9.59 Å². The van der Waals surface area contributed by atoms with Crippen molar-refractivity contribution in [2.45, 2.75) is 33.4 Å². The quantitative estimate of drug-likeness (QED) is 0.734. The summed E-state index contributed by atoms with van der Waals surface area (Å²) < 4.78 is 5.05. The summed E-state index contributed by atoms with van der Waals surface area (Å²) in [5.74, 6) is -0.597. The van der Waals surface area contributed by atoms with Gasteiger partial charge in [0.2, 0.25) is 5.91 Å². The van der Waals surface area contributed by atoms with E-state index in [-0.39, 0.29) is 18.5 Å². The predicted molar refractivity (Wildman–Crippen MR) is 103 cm³/mol. The van der Waals surface area contributed by atoms with Crippen molar-refractivity contribution in [3.63, 3.8) is 0 Å². The number of anilines is 1. The maximum absolute atomic E-state index is 12.5. The van der Waals surface area contributed by atoms with Gasteiger partial charge in [0.15, 0.2) is 0 Å². The molecule has 0 aliphatic heterocycles. The van der Waals surface area contributed by atoms with Gasteiger partial charge in [-0.15, -0.1) is 0 Å². The third kappa shape index (κ3) is 5.70. The summed E-state index contributed by atoms with van der Waals surface area (Å²) in [6.45, 7) is 7.09. The number of nitrogens with one attached hydrogen (secondary N) is 1. The van der Waals surface area contributed by atoms with Crippen molar-refractivity contribution in [2.75, 3.05) is 18.5 Å². The molecule has 0 heterocycles. The second-order valence-electron chi connectivity index (χ2n) is 6.30. The summed E-state index contributed by atoms with van der Waals surface area (Å²) in [6.07, 6.45) is 0. The van der Waals surface area contributed by atoms with Crippen molar-refractivity contribution >= 4 is 17.6 Å². The normalized spacial score (nSPS) is 10.8. The zero-order chi connectivity index (χ0) is 18.9. The average molecular weight is 354 g/mol. The van der Waals surface area contributed by atoms with Crippen molar-refractivity contribution in [3.8, 4) is 0 Å². The van der Waals surface area contributed by atoms with E-state index in [4.69, 9.17) is 4.74 Å². The van der Waals surface area contributed by atoms with Crippen LogP contribution >= 0.6 is 0 Å². The fraction of sp³-hybridized carbons (Fsp3) is 0.333. The average Bonchev–Trinajstić information content (AvgIpc) is 2.62. The van der Waals surface area contributed by atoms with Gasteiger partial charge in [0, 0.05) is 12.6 Å². The lowest BCUT2D eigenvalue weighted by Crippen LogP contribution is -2.37. The number of esters is 1. The monoisotopic (exact) mass is 354 g/mol. The van der Waals surface area contributed by atoms with Gasteiger partial charge in [-0.2, -0.15) is 0 Å². The van der Waals surface area contributed by atoms with Crippen molar-refractivity contribution in [1.29, 1.82) is 0 Å². The molecule has 1 N–H and O–H groups in total. The zero-order valence-electron chi connectivity index (χ0n) is 15.6. The van der Waals surface area contributed by atoms with Crippen LogP contribution in [0.2, 0.25) is 0 Å². The molecule has 0 saturated carbocycles. The lowest BCUT2D eigenvalue weighted by Gasteiger charge is -2.26. The minimum Gasteiger partial charge on any atom is -0.462 e. The van der Waals surface area contributed by atoms with Crippen LogP contribution in [0.1, 0.15) is 36.7 Å². The van der Waals surface area contributed by atoms with Crippen molar-refractivity contribution < 1.29 is 14.3 Å². The lowest BCUT2D eigenvalue weighted by molar-refractivity contribution is -0.117. The largest absolute Gasteiger partial charge is 0.462 e. The molecule has 5 nitrogen and oxygen atoms in total. The molecular weight excluding hydrogens is 328 g/mol. The molecule has 0 aliphatic carbocycles. The Kier molecular flexibility index (Phi) is 7.36. The Hall–Kier alpha value is -2.66. The first-order chi connectivity index (χ1) is 12.5. The third-order valence-electron chi connectivity index (χ3n) is 4.00. The molecule has 2 aromatic rings. The van der Waals surface area contributed by atoms with Gasteiger partial charge in [-0.05, 0) is 38.5 Å². The molecule has 0 aliphatic rings. The van der Waals surface area contributed by atoms with Crippen LogP contribution in [-0.2, 0) is 16.1 Å². The molecule has 2 rings (SSSR count). The lowest BCUT2D eigenvalue weighted by atomic mass is 10.1. The minimum atomic E-state index is -0.437. The van der Waals surface area contributed by atoms with Gasteiger partial charge in [0.05, 0.1) is 24.4 Å². The number of hydrogen-bond donors (Lipinski definition) is 1. The van der Waals surface area contributed by atoms with Gasteiger partial charge in [0.25, 0.3) is 0 Å². The van der Waals surface area contributed by atoms with Gasteiger partial charge >= 0.3 is 5.97 Å². The smallest absolute Gasteiger partial charge is 0.340 e. The molecule has 0 aromatic heterocycles. The number of ether oxygens (including phenoxy) is 1. The van der Waals surface area contributed by atoms with E-state index < -0.39 is 5.97 Å². The fourth-order valence-corrected chi connectivity index (χ4v) is 2.59. The third-order valence-corrected chi connectivity index (χ3v) is 4.00. The van der Waals surface area contributed by atoms with Gasteiger partial charge in [-0.3, -0.25) is 9.69 Å². The second kappa shape index (κ2) is 9.73. The summed E-state index contributed by atoms with van der Waals surface area (Å²) >= 11 is 0. The molecule has 0 saturated heterocycles. The molecular formula is C21H26N2O3. The molecule has 2 aromatic carbocycles. The Balaban J connectivity index is 2.06. The predicted octanol–water partition coefficient (Wildman–Crippen LogP) is 3.71. The van der Waals surface area contributed by atoms with Crippen LogP contribution in [0.3, 0.4) is 0 Å². The van der Waals surface area contributed by atoms with Crippen molar-refractivity contribution in [3.05, 3.63) is 65.7 Å². The van der Waals surface area contributed by atoms with E-state index in [1.54, 1.807) is 31.2 Å². The van der Waals surface area contributed by atoms with E-state index in [1.165, 1.54) is 0 Å². The topological polar surface area (TPSA) is 58.6 Å². The number of amides is 1. The number of nitrogens with zero attached hydrogens (tertiary/aromatic N) is 1. The molecule has 0 fully saturated rings. The van der Waals surface area contributed by atoms with Crippen LogP contribution in [0.4, 0.5) is 5.69 Å².